The van der Waals surface area contributed by atoms with Crippen LogP contribution in [0.2, 0.25) is 0 Å². The summed E-state index contributed by atoms with van der Waals surface area (Å²) < 4.78 is 5.32. The molecule has 1 atom stereocenters. The Morgan fingerprint density at radius 2 is 2.22 bits per heavy atom. The zero-order valence-electron chi connectivity index (χ0n) is 11.0. The molecule has 3 heteroatoms. The van der Waals surface area contributed by atoms with Crippen molar-refractivity contribution in [2.24, 2.45) is 5.41 Å². The number of hydrogen-bond acceptors (Lipinski definition) is 3. The molecule has 1 fully saturated rings. The lowest BCUT2D eigenvalue weighted by molar-refractivity contribution is -0.100. The van der Waals surface area contributed by atoms with Crippen molar-refractivity contribution in [3.8, 4) is 0 Å². The van der Waals surface area contributed by atoms with Gasteiger partial charge in [-0.15, -0.1) is 0 Å². The Hall–Kier alpha value is -0.900. The molecular weight excluding hydrogens is 224 g/mol. The summed E-state index contributed by atoms with van der Waals surface area (Å²) in [5.41, 5.74) is 3.24. The van der Waals surface area contributed by atoms with Crippen molar-refractivity contribution in [2.75, 3.05) is 26.3 Å². The lowest BCUT2D eigenvalue weighted by atomic mass is 9.88. The molecule has 0 amide bonds. The fourth-order valence-corrected chi connectivity index (χ4v) is 2.79. The second kappa shape index (κ2) is 5.00. The Morgan fingerprint density at radius 3 is 3.00 bits per heavy atom. The highest BCUT2D eigenvalue weighted by atomic mass is 16.5. The summed E-state index contributed by atoms with van der Waals surface area (Å²) in [6, 6.07) is 9.25. The summed E-state index contributed by atoms with van der Waals surface area (Å²) in [5, 5.41) is 7.23. The first-order valence-electron chi connectivity index (χ1n) is 6.87. The Labute approximate surface area is 109 Å². The Balaban J connectivity index is 1.71. The molecule has 2 N–H and O–H groups in total. The van der Waals surface area contributed by atoms with Crippen LogP contribution in [0.1, 0.15) is 30.5 Å². The molecular formula is C15H22N2O. The van der Waals surface area contributed by atoms with E-state index in [2.05, 4.69) is 41.8 Å². The summed E-state index contributed by atoms with van der Waals surface area (Å²) in [7, 11) is 0. The third kappa shape index (κ3) is 2.44. The minimum Gasteiger partial charge on any atom is -0.380 e. The molecule has 98 valence electrons. The molecule has 1 aromatic carbocycles. The van der Waals surface area contributed by atoms with Crippen LogP contribution in [0.25, 0.3) is 0 Å². The minimum atomic E-state index is 0.342. The predicted octanol–water partition coefficient (Wildman–Crippen LogP) is 1.85. The second-order valence-electron chi connectivity index (χ2n) is 5.90. The molecule has 0 saturated carbocycles. The molecule has 0 bridgehead atoms. The van der Waals surface area contributed by atoms with Crippen molar-refractivity contribution in [3.63, 3.8) is 0 Å². The van der Waals surface area contributed by atoms with E-state index < -0.39 is 0 Å². The van der Waals surface area contributed by atoms with Crippen LogP contribution in [0.5, 0.6) is 0 Å². The highest BCUT2D eigenvalue weighted by molar-refractivity contribution is 5.31. The van der Waals surface area contributed by atoms with Crippen molar-refractivity contribution < 1.29 is 4.74 Å². The van der Waals surface area contributed by atoms with E-state index in [1.54, 1.807) is 0 Å². The number of rotatable bonds is 3. The van der Waals surface area contributed by atoms with Gasteiger partial charge in [-0.2, -0.15) is 0 Å². The number of hydrogen-bond donors (Lipinski definition) is 2. The first kappa shape index (κ1) is 12.2. The quantitative estimate of drug-likeness (QED) is 0.854. The summed E-state index contributed by atoms with van der Waals surface area (Å²) in [6.07, 6.45) is 1.16. The largest absolute Gasteiger partial charge is 0.380 e. The van der Waals surface area contributed by atoms with E-state index >= 15 is 0 Å². The molecule has 2 aliphatic heterocycles. The Bertz CT molecular complexity index is 415. The van der Waals surface area contributed by atoms with Crippen LogP contribution in [0.15, 0.2) is 24.3 Å². The monoisotopic (exact) mass is 246 g/mol. The van der Waals surface area contributed by atoms with Crippen molar-refractivity contribution >= 4 is 0 Å². The molecule has 3 rings (SSSR count). The van der Waals surface area contributed by atoms with Gasteiger partial charge in [0.1, 0.15) is 0 Å². The maximum atomic E-state index is 5.32. The predicted molar refractivity (Wildman–Crippen MR) is 72.4 cm³/mol. The second-order valence-corrected chi connectivity index (χ2v) is 5.90. The van der Waals surface area contributed by atoms with Gasteiger partial charge < -0.3 is 15.4 Å². The topological polar surface area (TPSA) is 33.3 Å². The zero-order chi connectivity index (χ0) is 12.4. The molecule has 18 heavy (non-hydrogen) atoms. The molecule has 0 aromatic heterocycles. The van der Waals surface area contributed by atoms with Gasteiger partial charge in [-0.3, -0.25) is 0 Å². The summed E-state index contributed by atoms with van der Waals surface area (Å²) in [4.78, 5) is 0. The van der Waals surface area contributed by atoms with Crippen LogP contribution in [0.3, 0.4) is 0 Å². The Kier molecular flexibility index (Phi) is 3.37. The van der Waals surface area contributed by atoms with Crippen LogP contribution >= 0.6 is 0 Å². The standard InChI is InChI=1S/C15H22N2O/c1-15(10-18-11-15)9-17-14-6-7-16-8-12-4-2-3-5-13(12)14/h2-5,14,16-17H,6-11H2,1H3. The van der Waals surface area contributed by atoms with E-state index in [9.17, 15) is 0 Å². The van der Waals surface area contributed by atoms with E-state index in [0.29, 0.717) is 11.5 Å². The van der Waals surface area contributed by atoms with Crippen molar-refractivity contribution in [3.05, 3.63) is 35.4 Å². The van der Waals surface area contributed by atoms with Gasteiger partial charge in [0.15, 0.2) is 0 Å². The maximum Gasteiger partial charge on any atom is 0.0554 e. The molecule has 0 spiro atoms. The molecule has 1 unspecified atom stereocenters. The molecule has 1 saturated heterocycles. The summed E-state index contributed by atoms with van der Waals surface area (Å²) in [5.74, 6) is 0. The van der Waals surface area contributed by atoms with Crippen molar-refractivity contribution in [1.29, 1.82) is 0 Å². The van der Waals surface area contributed by atoms with E-state index in [1.807, 2.05) is 0 Å². The molecule has 1 aromatic rings. The number of nitrogens with one attached hydrogen (secondary N) is 2. The molecule has 0 radical (unpaired) electrons. The van der Waals surface area contributed by atoms with E-state index in [-0.39, 0.29) is 0 Å². The lowest BCUT2D eigenvalue weighted by Crippen LogP contribution is -2.48. The minimum absolute atomic E-state index is 0.342. The fourth-order valence-electron chi connectivity index (χ4n) is 2.79. The van der Waals surface area contributed by atoms with Gasteiger partial charge >= 0.3 is 0 Å². The molecule has 2 aliphatic rings. The van der Waals surface area contributed by atoms with Crippen LogP contribution in [-0.4, -0.2) is 26.3 Å². The first-order valence-corrected chi connectivity index (χ1v) is 6.87. The highest BCUT2D eigenvalue weighted by Crippen LogP contribution is 2.28. The average molecular weight is 246 g/mol. The molecule has 2 heterocycles. The normalized spacial score (nSPS) is 25.9. The van der Waals surface area contributed by atoms with E-state index in [1.165, 1.54) is 11.1 Å². The summed E-state index contributed by atoms with van der Waals surface area (Å²) in [6.45, 7) is 7.21. The van der Waals surface area contributed by atoms with Gasteiger partial charge in [-0.25, -0.2) is 0 Å². The van der Waals surface area contributed by atoms with Gasteiger partial charge in [0.25, 0.3) is 0 Å². The number of fused-ring (bicyclic) bond motifs is 1. The molecule has 3 nitrogen and oxygen atoms in total. The maximum absolute atomic E-state index is 5.32. The zero-order valence-corrected chi connectivity index (χ0v) is 11.0. The van der Waals surface area contributed by atoms with Crippen LogP contribution < -0.4 is 10.6 Å². The first-order chi connectivity index (χ1) is 8.77. The van der Waals surface area contributed by atoms with Gasteiger partial charge in [-0.1, -0.05) is 31.2 Å². The van der Waals surface area contributed by atoms with Gasteiger partial charge in [0.05, 0.1) is 13.2 Å². The van der Waals surface area contributed by atoms with Crippen molar-refractivity contribution in [1.82, 2.24) is 10.6 Å². The van der Waals surface area contributed by atoms with Gasteiger partial charge in [-0.05, 0) is 24.1 Å². The third-order valence-electron chi connectivity index (χ3n) is 4.03. The molecule has 0 aliphatic carbocycles. The van der Waals surface area contributed by atoms with E-state index in [4.69, 9.17) is 4.74 Å². The highest BCUT2D eigenvalue weighted by Gasteiger charge is 2.33. The van der Waals surface area contributed by atoms with Crippen molar-refractivity contribution in [2.45, 2.75) is 25.9 Å². The number of ether oxygens (including phenoxy) is 1. The average Bonchev–Trinajstić information content (AvgIpc) is 2.56. The SMILES string of the molecule is CC1(CNC2CCNCc3ccccc32)COC1. The van der Waals surface area contributed by atoms with Crippen LogP contribution in [0.4, 0.5) is 0 Å². The van der Waals surface area contributed by atoms with E-state index in [0.717, 1.165) is 39.3 Å². The fraction of sp³-hybridized carbons (Fsp3) is 0.600. The van der Waals surface area contributed by atoms with Gasteiger partial charge in [0, 0.05) is 24.5 Å². The summed E-state index contributed by atoms with van der Waals surface area (Å²) >= 11 is 0. The van der Waals surface area contributed by atoms with Crippen LogP contribution in [-0.2, 0) is 11.3 Å². The van der Waals surface area contributed by atoms with Gasteiger partial charge in [0.2, 0.25) is 0 Å². The third-order valence-corrected chi connectivity index (χ3v) is 4.03. The van der Waals surface area contributed by atoms with Crippen LogP contribution in [0, 0.1) is 5.41 Å². The smallest absolute Gasteiger partial charge is 0.0554 e. The Morgan fingerprint density at radius 1 is 1.39 bits per heavy atom. The number of benzene rings is 1. The lowest BCUT2D eigenvalue weighted by Gasteiger charge is -2.39.